The lowest BCUT2D eigenvalue weighted by molar-refractivity contribution is 0.168. The van der Waals surface area contributed by atoms with Gasteiger partial charge in [0.05, 0.1) is 13.2 Å². The van der Waals surface area contributed by atoms with Gasteiger partial charge in [0.25, 0.3) is 0 Å². The first-order valence-corrected chi connectivity index (χ1v) is 9.28. The Labute approximate surface area is 169 Å². The van der Waals surface area contributed by atoms with Gasteiger partial charge in [0, 0.05) is 17.4 Å². The van der Waals surface area contributed by atoms with Crippen LogP contribution in [-0.2, 0) is 11.3 Å². The topological polar surface area (TPSA) is 67.9 Å². The molecule has 0 saturated carbocycles. The minimum atomic E-state index is -0.564. The van der Waals surface area contributed by atoms with Crippen molar-refractivity contribution in [2.24, 2.45) is 0 Å². The number of amides is 2. The van der Waals surface area contributed by atoms with Gasteiger partial charge in [-0.15, -0.1) is 0 Å². The third-order valence-corrected chi connectivity index (χ3v) is 4.03. The number of anilines is 2. The van der Waals surface area contributed by atoms with Crippen LogP contribution in [0.2, 0.25) is 0 Å². The summed E-state index contributed by atoms with van der Waals surface area (Å²) in [5.41, 5.74) is 2.18. The molecule has 0 radical (unpaired) electrons. The smallest absolute Gasteiger partial charge is 0.420 e. The number of ether oxygens (including phenoxy) is 2. The Hall–Kier alpha value is -3.80. The fourth-order valence-corrected chi connectivity index (χ4v) is 2.71. The van der Waals surface area contributed by atoms with E-state index in [9.17, 15) is 9.59 Å². The Morgan fingerprint density at radius 3 is 2.28 bits per heavy atom. The molecule has 0 aromatic heterocycles. The van der Waals surface area contributed by atoms with Crippen molar-refractivity contribution in [1.82, 2.24) is 0 Å². The first-order valence-electron chi connectivity index (χ1n) is 9.28. The maximum Gasteiger partial charge on any atom is 0.420 e. The standard InChI is InChI=1S/C23H22N2O4/c1-2-28-22(26)24-19-12-9-15-21(16-19)29-23(27)25(20-13-7-4-8-14-20)17-18-10-5-3-6-11-18/h3-16H,2,17H2,1H3,(H,24,26). The van der Waals surface area contributed by atoms with Gasteiger partial charge in [-0.1, -0.05) is 54.6 Å². The van der Waals surface area contributed by atoms with Crippen LogP contribution in [0.25, 0.3) is 0 Å². The molecule has 0 bridgehead atoms. The lowest BCUT2D eigenvalue weighted by atomic mass is 10.2. The number of hydrogen-bond donors (Lipinski definition) is 1. The van der Waals surface area contributed by atoms with Crippen molar-refractivity contribution < 1.29 is 19.1 Å². The highest BCUT2D eigenvalue weighted by atomic mass is 16.6. The molecule has 0 aliphatic carbocycles. The number of benzene rings is 3. The van der Waals surface area contributed by atoms with Crippen LogP contribution in [0.3, 0.4) is 0 Å². The summed E-state index contributed by atoms with van der Waals surface area (Å²) >= 11 is 0. The Bertz CT molecular complexity index is 945. The van der Waals surface area contributed by atoms with E-state index in [1.165, 1.54) is 0 Å². The normalized spacial score (nSPS) is 10.1. The van der Waals surface area contributed by atoms with Crippen molar-refractivity contribution in [3.8, 4) is 5.75 Å². The van der Waals surface area contributed by atoms with Gasteiger partial charge in [-0.2, -0.15) is 0 Å². The van der Waals surface area contributed by atoms with Gasteiger partial charge in [0.1, 0.15) is 5.75 Å². The second kappa shape index (κ2) is 9.94. The zero-order valence-corrected chi connectivity index (χ0v) is 16.1. The van der Waals surface area contributed by atoms with Crippen molar-refractivity contribution in [3.63, 3.8) is 0 Å². The lowest BCUT2D eigenvalue weighted by Crippen LogP contribution is -2.33. The summed E-state index contributed by atoms with van der Waals surface area (Å²) in [6, 6.07) is 25.6. The number of carbonyl (C=O) groups excluding carboxylic acids is 2. The lowest BCUT2D eigenvalue weighted by Gasteiger charge is -2.22. The van der Waals surface area contributed by atoms with Crippen molar-refractivity contribution in [1.29, 1.82) is 0 Å². The van der Waals surface area contributed by atoms with E-state index in [-0.39, 0.29) is 6.61 Å². The minimum absolute atomic E-state index is 0.270. The molecule has 0 atom stereocenters. The van der Waals surface area contributed by atoms with Gasteiger partial charge in [0.15, 0.2) is 0 Å². The van der Waals surface area contributed by atoms with Gasteiger partial charge in [-0.3, -0.25) is 10.2 Å². The largest absolute Gasteiger partial charge is 0.450 e. The molecule has 3 aromatic rings. The molecular formula is C23H22N2O4. The van der Waals surface area contributed by atoms with Crippen LogP contribution < -0.4 is 15.0 Å². The number of hydrogen-bond acceptors (Lipinski definition) is 4. The third-order valence-electron chi connectivity index (χ3n) is 4.03. The van der Waals surface area contributed by atoms with Crippen molar-refractivity contribution in [2.45, 2.75) is 13.5 Å². The molecule has 6 heteroatoms. The van der Waals surface area contributed by atoms with Crippen LogP contribution in [-0.4, -0.2) is 18.8 Å². The van der Waals surface area contributed by atoms with E-state index in [4.69, 9.17) is 9.47 Å². The zero-order valence-electron chi connectivity index (χ0n) is 16.1. The number of para-hydroxylation sites is 1. The molecule has 148 valence electrons. The fourth-order valence-electron chi connectivity index (χ4n) is 2.71. The van der Waals surface area contributed by atoms with Gasteiger partial charge in [-0.05, 0) is 36.8 Å². The maximum atomic E-state index is 12.9. The molecule has 0 aliphatic heterocycles. The van der Waals surface area contributed by atoms with E-state index in [1.807, 2.05) is 60.7 Å². The highest BCUT2D eigenvalue weighted by Crippen LogP contribution is 2.22. The summed E-state index contributed by atoms with van der Waals surface area (Å²) in [4.78, 5) is 26.1. The predicted molar refractivity (Wildman–Crippen MR) is 112 cm³/mol. The molecule has 3 rings (SSSR count). The quantitative estimate of drug-likeness (QED) is 0.607. The second-order valence-electron chi connectivity index (χ2n) is 6.15. The monoisotopic (exact) mass is 390 g/mol. The van der Waals surface area contributed by atoms with Crippen LogP contribution in [0.15, 0.2) is 84.9 Å². The molecule has 0 aliphatic rings. The molecule has 29 heavy (non-hydrogen) atoms. The summed E-state index contributed by atoms with van der Waals surface area (Å²) < 4.78 is 10.4. The summed E-state index contributed by atoms with van der Waals surface area (Å²) in [6.07, 6.45) is -1.08. The molecule has 0 spiro atoms. The van der Waals surface area contributed by atoms with Crippen LogP contribution >= 0.6 is 0 Å². The van der Waals surface area contributed by atoms with Crippen molar-refractivity contribution in [2.75, 3.05) is 16.8 Å². The number of nitrogens with one attached hydrogen (secondary N) is 1. The van der Waals surface area contributed by atoms with E-state index in [2.05, 4.69) is 5.32 Å². The van der Waals surface area contributed by atoms with E-state index < -0.39 is 12.2 Å². The van der Waals surface area contributed by atoms with E-state index >= 15 is 0 Å². The van der Waals surface area contributed by atoms with Crippen LogP contribution in [0, 0.1) is 0 Å². The third kappa shape index (κ3) is 5.84. The van der Waals surface area contributed by atoms with Gasteiger partial charge >= 0.3 is 12.2 Å². The van der Waals surface area contributed by atoms with Crippen molar-refractivity contribution in [3.05, 3.63) is 90.5 Å². The van der Waals surface area contributed by atoms with Crippen LogP contribution in [0.1, 0.15) is 12.5 Å². The van der Waals surface area contributed by atoms with Crippen molar-refractivity contribution >= 4 is 23.6 Å². The number of carbonyl (C=O) groups is 2. The molecule has 0 heterocycles. The average Bonchev–Trinajstić information content (AvgIpc) is 2.74. The van der Waals surface area contributed by atoms with Gasteiger partial charge in [-0.25, -0.2) is 9.59 Å². The Morgan fingerprint density at radius 1 is 0.897 bits per heavy atom. The highest BCUT2D eigenvalue weighted by Gasteiger charge is 2.19. The second-order valence-corrected chi connectivity index (χ2v) is 6.15. The molecule has 0 fully saturated rings. The van der Waals surface area contributed by atoms with Gasteiger partial charge in [0.2, 0.25) is 0 Å². The molecular weight excluding hydrogens is 368 g/mol. The molecule has 6 nitrogen and oxygen atoms in total. The zero-order chi connectivity index (χ0) is 20.5. The minimum Gasteiger partial charge on any atom is -0.450 e. The Balaban J connectivity index is 1.77. The van der Waals surface area contributed by atoms with Gasteiger partial charge < -0.3 is 9.47 Å². The Kier molecular flexibility index (Phi) is 6.84. The molecule has 1 N–H and O–H groups in total. The number of rotatable bonds is 6. The van der Waals surface area contributed by atoms with E-state index in [0.717, 1.165) is 11.3 Å². The first-order chi connectivity index (χ1) is 14.2. The Morgan fingerprint density at radius 2 is 1.59 bits per heavy atom. The summed E-state index contributed by atoms with van der Waals surface area (Å²) in [7, 11) is 0. The fraction of sp³-hybridized carbons (Fsp3) is 0.130. The summed E-state index contributed by atoms with van der Waals surface area (Å²) in [5.74, 6) is 0.318. The number of nitrogens with zero attached hydrogens (tertiary/aromatic N) is 1. The van der Waals surface area contributed by atoms with E-state index in [0.29, 0.717) is 18.0 Å². The molecule has 3 aromatic carbocycles. The molecule has 0 unspecified atom stereocenters. The summed E-state index contributed by atoms with van der Waals surface area (Å²) in [6.45, 7) is 2.36. The predicted octanol–water partition coefficient (Wildman–Crippen LogP) is 5.46. The van der Waals surface area contributed by atoms with E-state index in [1.54, 1.807) is 36.1 Å². The molecule has 0 saturated heterocycles. The highest BCUT2D eigenvalue weighted by molar-refractivity contribution is 5.89. The van der Waals surface area contributed by atoms with Crippen LogP contribution in [0.5, 0.6) is 5.75 Å². The first kappa shape index (κ1) is 19.9. The SMILES string of the molecule is CCOC(=O)Nc1cccc(OC(=O)N(Cc2ccccc2)c2ccccc2)c1. The maximum absolute atomic E-state index is 12.9. The average molecular weight is 390 g/mol. The molecule has 2 amide bonds. The van der Waals surface area contributed by atoms with Crippen LogP contribution in [0.4, 0.5) is 21.0 Å². The summed E-state index contributed by atoms with van der Waals surface area (Å²) in [5, 5.41) is 2.59.